The molecule has 2 saturated carbocycles. The number of esters is 4. The molecule has 1 heterocycles. The number of aliphatic hydroxyl groups excluding tert-OH is 2. The highest BCUT2D eigenvalue weighted by molar-refractivity contribution is 5.96. The lowest BCUT2D eigenvalue weighted by Crippen LogP contribution is -2.85. The van der Waals surface area contributed by atoms with E-state index in [9.17, 15) is 39.3 Å². The minimum atomic E-state index is -2.44. The van der Waals surface area contributed by atoms with Crippen LogP contribution in [0.3, 0.4) is 0 Å². The topological polar surface area (TPSA) is 270 Å². The molecule has 18 heteroatoms. The number of hydrogen-bond donors (Lipinski definition) is 4. The van der Waals surface area contributed by atoms with Crippen LogP contribution in [0.1, 0.15) is 93.6 Å². The van der Waals surface area contributed by atoms with E-state index in [1.807, 2.05) is 0 Å². The van der Waals surface area contributed by atoms with Gasteiger partial charge in [-0.25, -0.2) is 9.59 Å². The van der Waals surface area contributed by atoms with Gasteiger partial charge in [-0.1, -0.05) is 79.6 Å². The van der Waals surface area contributed by atoms with Gasteiger partial charge in [0.1, 0.15) is 23.4 Å². The van der Waals surface area contributed by atoms with Gasteiger partial charge >= 0.3 is 23.9 Å². The van der Waals surface area contributed by atoms with E-state index in [-0.39, 0.29) is 41.0 Å². The maximum absolute atomic E-state index is 15.6. The van der Waals surface area contributed by atoms with Gasteiger partial charge in [0.05, 0.1) is 35.6 Å². The maximum Gasteiger partial charge on any atom is 0.338 e. The summed E-state index contributed by atoms with van der Waals surface area (Å²) in [6.07, 6.45) is -9.85. The highest BCUT2D eigenvalue weighted by atomic mass is 16.6. The van der Waals surface area contributed by atoms with Crippen LogP contribution in [0.5, 0.6) is 0 Å². The minimum absolute atomic E-state index is 0.0341. The highest BCUT2D eigenvalue weighted by Gasteiger charge is 2.81. The van der Waals surface area contributed by atoms with Crippen molar-refractivity contribution >= 4 is 41.3 Å². The first-order valence-electron chi connectivity index (χ1n) is 21.4. The van der Waals surface area contributed by atoms with Crippen LogP contribution in [-0.2, 0) is 42.9 Å². The van der Waals surface area contributed by atoms with Crippen molar-refractivity contribution in [2.75, 3.05) is 6.61 Å². The van der Waals surface area contributed by atoms with Crippen LogP contribution in [0.25, 0.3) is 10.4 Å². The van der Waals surface area contributed by atoms with Crippen molar-refractivity contribution in [1.29, 1.82) is 0 Å². The molecule has 4 aliphatic rings. The van der Waals surface area contributed by atoms with E-state index in [2.05, 4.69) is 15.3 Å². The Hall–Kier alpha value is -6.43. The average Bonchev–Trinajstić information content (AvgIpc) is 3.27. The Morgan fingerprint density at radius 1 is 0.864 bits per heavy atom. The van der Waals surface area contributed by atoms with Gasteiger partial charge in [0.25, 0.3) is 5.91 Å². The number of ketones is 1. The molecule has 11 atom stereocenters. The van der Waals surface area contributed by atoms with Crippen LogP contribution in [0, 0.1) is 16.7 Å². The lowest BCUT2D eigenvalue weighted by molar-refractivity contribution is -0.383. The number of benzene rings is 3. The number of nitrogens with zero attached hydrogens (tertiary/aromatic N) is 3. The number of carbonyl (C=O) groups is 6. The standard InChI is InChI=1S/C48H52N4O14/c1-25-32(64-43(60)36(56)35(28-14-10-8-11-15-28)50-41(58)29-18-20-31(21-19-29)51-52-49)22-47(61)40(65-42(59)30-16-12-9-13-17-30)38-46(7,39(57)37(63-26(2)53)34(25)44(47,4)5)33(55)23-45(6)48(38,24-62-45)66-27(3)54/h8-21,32-33,35-38,40,55-56,61H,22-24H2,1-7H3,(H,50,58)/t32-,33-,35-,36+,37+,38-,40-,45+,46+,47+,48+/m0/s1. The maximum atomic E-state index is 15.6. The van der Waals surface area contributed by atoms with E-state index in [4.69, 9.17) is 29.2 Å². The molecular formula is C48H52N4O14. The fourth-order valence-electron chi connectivity index (χ4n) is 10.6. The van der Waals surface area contributed by atoms with Crippen LogP contribution in [0.4, 0.5) is 5.69 Å². The molecule has 3 aromatic carbocycles. The van der Waals surface area contributed by atoms with Crippen molar-refractivity contribution in [3.05, 3.63) is 123 Å². The first kappa shape index (κ1) is 47.5. The van der Waals surface area contributed by atoms with Crippen molar-refractivity contribution in [3.63, 3.8) is 0 Å². The number of azide groups is 1. The van der Waals surface area contributed by atoms with E-state index in [1.54, 1.807) is 69.3 Å². The summed E-state index contributed by atoms with van der Waals surface area (Å²) >= 11 is 0. The zero-order chi connectivity index (χ0) is 48.1. The summed E-state index contributed by atoms with van der Waals surface area (Å²) in [4.78, 5) is 87.0. The van der Waals surface area contributed by atoms with Crippen molar-refractivity contribution < 1.29 is 67.8 Å². The Labute approximate surface area is 379 Å². The Morgan fingerprint density at radius 3 is 2.05 bits per heavy atom. The molecule has 3 aliphatic carbocycles. The number of nitrogens with one attached hydrogen (secondary N) is 1. The molecule has 66 heavy (non-hydrogen) atoms. The second-order valence-electron chi connectivity index (χ2n) is 18.3. The molecule has 3 aromatic rings. The molecule has 2 bridgehead atoms. The molecule has 7 rings (SSSR count). The van der Waals surface area contributed by atoms with E-state index < -0.39 is 112 Å². The second-order valence-corrected chi connectivity index (χ2v) is 18.3. The van der Waals surface area contributed by atoms with Crippen LogP contribution in [0.15, 0.2) is 101 Å². The van der Waals surface area contributed by atoms with E-state index >= 15 is 4.79 Å². The third-order valence-corrected chi connectivity index (χ3v) is 14.3. The van der Waals surface area contributed by atoms with Gasteiger partial charge in [0, 0.05) is 48.3 Å². The second kappa shape index (κ2) is 17.4. The Kier molecular flexibility index (Phi) is 12.5. The van der Waals surface area contributed by atoms with Crippen molar-refractivity contribution in [1.82, 2.24) is 5.32 Å². The lowest BCUT2D eigenvalue weighted by Gasteiger charge is -2.70. The Bertz CT molecular complexity index is 2530. The van der Waals surface area contributed by atoms with Gasteiger partial charge in [-0.2, -0.15) is 0 Å². The van der Waals surface area contributed by atoms with E-state index in [1.165, 1.54) is 50.2 Å². The summed E-state index contributed by atoms with van der Waals surface area (Å²) in [5.41, 5.74) is -0.0175. The molecule has 1 aliphatic heterocycles. The molecule has 1 amide bonds. The van der Waals surface area contributed by atoms with Gasteiger partial charge in [-0.3, -0.25) is 19.2 Å². The van der Waals surface area contributed by atoms with Gasteiger partial charge in [0.15, 0.2) is 23.6 Å². The average molecular weight is 909 g/mol. The molecule has 0 spiro atoms. The number of hydrogen-bond acceptors (Lipinski definition) is 15. The molecule has 0 radical (unpaired) electrons. The third kappa shape index (κ3) is 7.71. The fourth-order valence-corrected chi connectivity index (χ4v) is 10.6. The van der Waals surface area contributed by atoms with E-state index in [0.717, 1.165) is 13.8 Å². The number of carbonyl (C=O) groups excluding carboxylic acids is 6. The largest absolute Gasteiger partial charge is 0.456 e. The normalized spacial score (nSPS) is 31.6. The number of fused-ring (bicyclic) bond motifs is 5. The van der Waals surface area contributed by atoms with Crippen molar-refractivity contribution in [2.24, 2.45) is 21.9 Å². The molecule has 18 nitrogen and oxygen atoms in total. The van der Waals surface area contributed by atoms with Gasteiger partial charge in [-0.15, -0.1) is 0 Å². The SMILES string of the molecule is CC(=O)O[C@H]1C(=O)[C@]2(C)[C@@H](O)C[C@@]3(C)OC[C@@]3(OC(C)=O)[C@H]2[C@H](OC(=O)c2ccccc2)[C@]2(O)C[C@H](OC(=O)[C@H](O)[C@@H](NC(=O)c3ccc(N=[N+]=[N-])cc3)c3ccccc3)C(C)=C1C2(C)C. The molecule has 3 fully saturated rings. The van der Waals surface area contributed by atoms with Gasteiger partial charge in [0.2, 0.25) is 0 Å². The molecule has 4 N–H and O–H groups in total. The van der Waals surface area contributed by atoms with Crippen LogP contribution in [0.2, 0.25) is 0 Å². The van der Waals surface area contributed by atoms with Crippen molar-refractivity contribution in [3.8, 4) is 0 Å². The number of amides is 1. The Morgan fingerprint density at radius 2 is 1.48 bits per heavy atom. The molecular weight excluding hydrogens is 857 g/mol. The predicted molar refractivity (Wildman–Crippen MR) is 231 cm³/mol. The zero-order valence-corrected chi connectivity index (χ0v) is 37.4. The summed E-state index contributed by atoms with van der Waals surface area (Å²) in [6, 6.07) is 20.0. The van der Waals surface area contributed by atoms with Gasteiger partial charge < -0.3 is 44.3 Å². The summed E-state index contributed by atoms with van der Waals surface area (Å²) in [5.74, 6) is -7.17. The van der Waals surface area contributed by atoms with Crippen LogP contribution < -0.4 is 5.32 Å². The summed E-state index contributed by atoms with van der Waals surface area (Å²) in [6.45, 7) is 9.42. The van der Waals surface area contributed by atoms with E-state index in [0.29, 0.717) is 5.56 Å². The highest BCUT2D eigenvalue weighted by Crippen LogP contribution is 2.67. The smallest absolute Gasteiger partial charge is 0.338 e. The zero-order valence-electron chi connectivity index (χ0n) is 37.4. The monoisotopic (exact) mass is 908 g/mol. The fraction of sp³-hybridized carbons (Fsp3) is 0.458. The lowest BCUT2D eigenvalue weighted by atomic mass is 9.42. The third-order valence-electron chi connectivity index (χ3n) is 14.3. The minimum Gasteiger partial charge on any atom is -0.456 e. The summed E-state index contributed by atoms with van der Waals surface area (Å²) < 4.78 is 30.6. The Balaban J connectivity index is 1.38. The number of rotatable bonds is 11. The number of Topliss-reactive ketones (excluding diaryl/α,β-unsaturated/α-hetero) is 1. The van der Waals surface area contributed by atoms with Gasteiger partial charge in [-0.05, 0) is 67.3 Å². The first-order chi connectivity index (χ1) is 31.1. The first-order valence-corrected chi connectivity index (χ1v) is 21.4. The van der Waals surface area contributed by atoms with Crippen molar-refractivity contribution in [2.45, 2.75) is 115 Å². The number of aliphatic hydroxyl groups is 3. The summed E-state index contributed by atoms with van der Waals surface area (Å²) in [5, 5.41) is 44.1. The van der Waals surface area contributed by atoms with Crippen LogP contribution in [-0.4, -0.2) is 105 Å². The molecule has 348 valence electrons. The summed E-state index contributed by atoms with van der Waals surface area (Å²) in [7, 11) is 0. The molecule has 0 aromatic heterocycles. The predicted octanol–water partition coefficient (Wildman–Crippen LogP) is 5.07. The van der Waals surface area contributed by atoms with Crippen LogP contribution >= 0.6 is 0 Å². The molecule has 1 saturated heterocycles. The number of ether oxygens (including phenoxy) is 5. The molecule has 0 unspecified atom stereocenters. The quantitative estimate of drug-likeness (QED) is 0.0489.